The Hall–Kier alpha value is -1.73. The molecule has 1 saturated heterocycles. The molecule has 1 aromatic heterocycles. The molecule has 0 saturated carbocycles. The molecule has 1 fully saturated rings. The van der Waals surface area contributed by atoms with E-state index in [4.69, 9.17) is 0 Å². The Morgan fingerprint density at radius 1 is 1.32 bits per heavy atom. The van der Waals surface area contributed by atoms with Gasteiger partial charge in [0.15, 0.2) is 0 Å². The van der Waals surface area contributed by atoms with Crippen LogP contribution >= 0.6 is 0 Å². The van der Waals surface area contributed by atoms with Crippen molar-refractivity contribution >= 4 is 11.5 Å². The Morgan fingerprint density at radius 3 is 2.50 bits per heavy atom. The van der Waals surface area contributed by atoms with Crippen molar-refractivity contribution in [1.82, 2.24) is 14.8 Å². The Morgan fingerprint density at radius 2 is 2.00 bits per heavy atom. The Kier molecular flexibility index (Phi) is 5.68. The maximum atomic E-state index is 10.6. The summed E-state index contributed by atoms with van der Waals surface area (Å²) >= 11 is 0. The molecule has 2 rings (SSSR count). The van der Waals surface area contributed by atoms with Gasteiger partial charge in [0, 0.05) is 44.8 Å². The highest BCUT2D eigenvalue weighted by Gasteiger charge is 2.24. The van der Waals surface area contributed by atoms with E-state index >= 15 is 0 Å². The quantitative estimate of drug-likeness (QED) is 0.636. The van der Waals surface area contributed by atoms with Gasteiger partial charge >= 0.3 is 0 Å². The molecule has 0 amide bonds. The normalized spacial score (nSPS) is 18.4. The number of nitrogens with one attached hydrogen (secondary N) is 1. The van der Waals surface area contributed by atoms with Crippen LogP contribution < -0.4 is 5.32 Å². The van der Waals surface area contributed by atoms with Crippen molar-refractivity contribution in [3.8, 4) is 0 Å². The third-order valence-corrected chi connectivity index (χ3v) is 4.23. The smallest absolute Gasteiger partial charge is 0.287 e. The van der Waals surface area contributed by atoms with Gasteiger partial charge in [-0.1, -0.05) is 13.8 Å². The number of rotatable bonds is 6. The average Bonchev–Trinajstić information content (AvgIpc) is 2.49. The van der Waals surface area contributed by atoms with E-state index in [9.17, 15) is 10.1 Å². The van der Waals surface area contributed by atoms with Crippen LogP contribution in [0.3, 0.4) is 0 Å². The minimum Gasteiger partial charge on any atom is -0.368 e. The summed E-state index contributed by atoms with van der Waals surface area (Å²) in [7, 11) is 2.15. The number of pyridine rings is 1. The highest BCUT2D eigenvalue weighted by Crippen LogP contribution is 2.16. The van der Waals surface area contributed by atoms with E-state index in [1.54, 1.807) is 6.07 Å². The minimum atomic E-state index is -0.433. The van der Waals surface area contributed by atoms with Gasteiger partial charge in [0.2, 0.25) is 0 Å². The van der Waals surface area contributed by atoms with E-state index in [2.05, 4.69) is 41.0 Å². The summed E-state index contributed by atoms with van der Waals surface area (Å²) < 4.78 is 0. The Balaban J connectivity index is 1.92. The summed E-state index contributed by atoms with van der Waals surface area (Å²) in [5.41, 5.74) is 0.0185. The lowest BCUT2D eigenvalue weighted by molar-refractivity contribution is -0.385. The number of likely N-dealkylation sites (N-methyl/N-ethyl adjacent to an activating group) is 1. The monoisotopic (exact) mass is 307 g/mol. The van der Waals surface area contributed by atoms with Crippen LogP contribution in [0.1, 0.15) is 13.8 Å². The second-order valence-corrected chi connectivity index (χ2v) is 6.19. The predicted molar refractivity (Wildman–Crippen MR) is 87.1 cm³/mol. The molecule has 1 aliphatic rings. The maximum absolute atomic E-state index is 10.6. The first-order valence-corrected chi connectivity index (χ1v) is 7.74. The molecule has 1 aliphatic heterocycles. The van der Waals surface area contributed by atoms with Gasteiger partial charge in [0.05, 0.1) is 4.92 Å². The van der Waals surface area contributed by atoms with Crippen molar-refractivity contribution in [3.05, 3.63) is 28.4 Å². The Labute approximate surface area is 131 Å². The molecule has 7 nitrogen and oxygen atoms in total. The number of nitrogens with zero attached hydrogens (tertiary/aromatic N) is 4. The summed E-state index contributed by atoms with van der Waals surface area (Å²) in [6.45, 7) is 9.61. The fourth-order valence-corrected chi connectivity index (χ4v) is 2.75. The van der Waals surface area contributed by atoms with Crippen LogP contribution in [-0.2, 0) is 0 Å². The molecule has 7 heteroatoms. The molecule has 0 spiro atoms. The number of anilines is 1. The van der Waals surface area contributed by atoms with Crippen molar-refractivity contribution < 1.29 is 4.92 Å². The van der Waals surface area contributed by atoms with E-state index in [1.165, 1.54) is 12.3 Å². The number of hydrogen-bond donors (Lipinski definition) is 1. The molecule has 0 aromatic carbocycles. The van der Waals surface area contributed by atoms with Gasteiger partial charge in [-0.3, -0.25) is 15.0 Å². The lowest BCUT2D eigenvalue weighted by Gasteiger charge is -2.40. The first-order valence-electron chi connectivity index (χ1n) is 7.74. The summed E-state index contributed by atoms with van der Waals surface area (Å²) in [4.78, 5) is 19.2. The molecule has 0 radical (unpaired) electrons. The summed E-state index contributed by atoms with van der Waals surface area (Å²) in [5.74, 6) is 1.22. The molecule has 2 heterocycles. The van der Waals surface area contributed by atoms with Crippen molar-refractivity contribution in [2.45, 2.75) is 19.9 Å². The van der Waals surface area contributed by atoms with Crippen molar-refractivity contribution in [3.63, 3.8) is 0 Å². The first kappa shape index (κ1) is 16.6. The molecular weight excluding hydrogens is 282 g/mol. The topological polar surface area (TPSA) is 74.5 Å². The van der Waals surface area contributed by atoms with Gasteiger partial charge in [0.25, 0.3) is 5.69 Å². The van der Waals surface area contributed by atoms with E-state index in [-0.39, 0.29) is 5.69 Å². The van der Waals surface area contributed by atoms with Gasteiger partial charge in [0.1, 0.15) is 12.0 Å². The van der Waals surface area contributed by atoms with E-state index < -0.39 is 4.92 Å². The third kappa shape index (κ3) is 4.38. The van der Waals surface area contributed by atoms with E-state index in [0.717, 1.165) is 32.7 Å². The third-order valence-electron chi connectivity index (χ3n) is 4.23. The molecule has 122 valence electrons. The van der Waals surface area contributed by atoms with Crippen LogP contribution in [0.2, 0.25) is 0 Å². The minimum absolute atomic E-state index is 0.0185. The first-order chi connectivity index (χ1) is 10.5. The van der Waals surface area contributed by atoms with Gasteiger partial charge in [-0.15, -0.1) is 0 Å². The number of aromatic nitrogens is 1. The molecule has 0 bridgehead atoms. The second-order valence-electron chi connectivity index (χ2n) is 6.19. The SMILES string of the molecule is CC(C)C(CNc1ccc([N+](=O)[O-])cn1)N1CCN(C)CC1. The molecule has 22 heavy (non-hydrogen) atoms. The van der Waals surface area contributed by atoms with Gasteiger partial charge < -0.3 is 10.2 Å². The van der Waals surface area contributed by atoms with Crippen molar-refractivity contribution in [2.75, 3.05) is 45.1 Å². The fourth-order valence-electron chi connectivity index (χ4n) is 2.75. The van der Waals surface area contributed by atoms with Crippen molar-refractivity contribution in [1.29, 1.82) is 0 Å². The molecule has 1 N–H and O–H groups in total. The van der Waals surface area contributed by atoms with E-state index in [0.29, 0.717) is 17.8 Å². The zero-order chi connectivity index (χ0) is 16.1. The van der Waals surface area contributed by atoms with E-state index in [1.807, 2.05) is 0 Å². The second kappa shape index (κ2) is 7.51. The predicted octanol–water partition coefficient (Wildman–Crippen LogP) is 1.67. The van der Waals surface area contributed by atoms with Gasteiger partial charge in [-0.05, 0) is 19.0 Å². The maximum Gasteiger partial charge on any atom is 0.287 e. The summed E-state index contributed by atoms with van der Waals surface area (Å²) in [6.07, 6.45) is 1.29. The van der Waals surface area contributed by atoms with Crippen LogP contribution in [-0.4, -0.2) is 65.5 Å². The van der Waals surface area contributed by atoms with Gasteiger partial charge in [-0.25, -0.2) is 4.98 Å². The summed E-state index contributed by atoms with van der Waals surface area (Å²) in [6, 6.07) is 3.58. The molecule has 1 aromatic rings. The van der Waals surface area contributed by atoms with Crippen molar-refractivity contribution in [2.24, 2.45) is 5.92 Å². The van der Waals surface area contributed by atoms with Crippen LogP contribution in [0.25, 0.3) is 0 Å². The highest BCUT2D eigenvalue weighted by molar-refractivity contribution is 5.40. The molecule has 1 atom stereocenters. The standard InChI is InChI=1S/C15H25N5O2/c1-12(2)14(19-8-6-18(3)7-9-19)11-17-15-5-4-13(10-16-15)20(21)22/h4-5,10,12,14H,6-9,11H2,1-3H3,(H,16,17). The zero-order valence-electron chi connectivity index (χ0n) is 13.5. The number of piperazine rings is 1. The largest absolute Gasteiger partial charge is 0.368 e. The zero-order valence-corrected chi connectivity index (χ0v) is 13.5. The highest BCUT2D eigenvalue weighted by atomic mass is 16.6. The van der Waals surface area contributed by atoms with Crippen LogP contribution in [0.15, 0.2) is 18.3 Å². The van der Waals surface area contributed by atoms with Crippen LogP contribution in [0.5, 0.6) is 0 Å². The molecule has 1 unspecified atom stereocenters. The number of hydrogen-bond acceptors (Lipinski definition) is 6. The lowest BCUT2D eigenvalue weighted by atomic mass is 10.0. The molecule has 0 aliphatic carbocycles. The fraction of sp³-hybridized carbons (Fsp3) is 0.667. The summed E-state index contributed by atoms with van der Waals surface area (Å²) in [5, 5.41) is 13.9. The van der Waals surface area contributed by atoms with Gasteiger partial charge in [-0.2, -0.15) is 0 Å². The molecular formula is C15H25N5O2. The number of nitro groups is 1. The van der Waals surface area contributed by atoms with Crippen LogP contribution in [0.4, 0.5) is 11.5 Å². The average molecular weight is 307 g/mol. The van der Waals surface area contributed by atoms with Crippen LogP contribution in [0, 0.1) is 16.0 Å². The Bertz CT molecular complexity index is 483. The lowest BCUT2D eigenvalue weighted by Crippen LogP contribution is -2.52.